The third-order valence-corrected chi connectivity index (χ3v) is 8.90. The van der Waals surface area contributed by atoms with Crippen LogP contribution in [-0.4, -0.2) is 103 Å². The SMILES string of the molecule is [C-]#[N+]c1cnn(-c2cc(C(=O)O)cc(C(=O)O)c2)c1N=Nc1c(C)nn(-c2nc(O)nc(-n3nc(C)c(N=Nc4c(C#N)c(C)nn4-c4cc(C(=O)O)cc(C(=O)O)c4)c3N)n2)c1N. The first-order valence-electron chi connectivity index (χ1n) is 17.6. The number of nitrogens with zero attached hydrogens (tertiary/aromatic N) is 17. The third-order valence-electron chi connectivity index (χ3n) is 8.90. The Morgan fingerprint density at radius 3 is 1.48 bits per heavy atom. The zero-order chi connectivity index (χ0) is 46.3. The highest BCUT2D eigenvalue weighted by atomic mass is 16.4. The van der Waals surface area contributed by atoms with Crippen LogP contribution in [0.15, 0.2) is 63.1 Å². The van der Waals surface area contributed by atoms with Crippen LogP contribution in [0.3, 0.4) is 0 Å². The van der Waals surface area contributed by atoms with E-state index in [1.54, 1.807) is 0 Å². The van der Waals surface area contributed by atoms with Crippen LogP contribution < -0.4 is 11.5 Å². The summed E-state index contributed by atoms with van der Waals surface area (Å²) in [5, 5.41) is 92.4. The van der Waals surface area contributed by atoms with Gasteiger partial charge in [-0.15, -0.1) is 20.5 Å². The third kappa shape index (κ3) is 7.56. The van der Waals surface area contributed by atoms with E-state index in [1.165, 1.54) is 20.8 Å². The molecule has 0 bridgehead atoms. The van der Waals surface area contributed by atoms with Gasteiger partial charge in [0.1, 0.15) is 11.6 Å². The smallest absolute Gasteiger partial charge is 0.335 e. The Bertz CT molecular complexity index is 3240. The lowest BCUT2D eigenvalue weighted by Crippen LogP contribution is -2.13. The minimum absolute atomic E-state index is 0.0544. The van der Waals surface area contributed by atoms with Crippen LogP contribution in [0.25, 0.3) is 28.1 Å². The number of aromatic hydroxyl groups is 1. The highest BCUT2D eigenvalue weighted by molar-refractivity contribution is 5.96. The molecule has 9 N–H and O–H groups in total. The summed E-state index contributed by atoms with van der Waals surface area (Å²) in [6.07, 6.45) is 1.11. The summed E-state index contributed by atoms with van der Waals surface area (Å²) in [7, 11) is 0. The zero-order valence-electron chi connectivity index (χ0n) is 32.7. The monoisotopic (exact) mass is 867 g/mol. The summed E-state index contributed by atoms with van der Waals surface area (Å²) >= 11 is 0. The number of benzene rings is 2. The van der Waals surface area contributed by atoms with Gasteiger partial charge in [-0.1, -0.05) is 0 Å². The van der Waals surface area contributed by atoms with Gasteiger partial charge in [-0.25, -0.2) is 33.4 Å². The van der Waals surface area contributed by atoms with Crippen LogP contribution in [0.5, 0.6) is 6.01 Å². The van der Waals surface area contributed by atoms with Crippen LogP contribution >= 0.6 is 0 Å². The molecule has 0 unspecified atom stereocenters. The maximum Gasteiger partial charge on any atom is 0.335 e. The van der Waals surface area contributed by atoms with Crippen LogP contribution in [0.4, 0.5) is 40.3 Å². The molecule has 2 aromatic carbocycles. The number of hydrogen-bond acceptors (Lipinski definition) is 19. The summed E-state index contributed by atoms with van der Waals surface area (Å²) in [6, 6.07) is 7.53. The lowest BCUT2D eigenvalue weighted by atomic mass is 10.1. The maximum absolute atomic E-state index is 11.8. The summed E-state index contributed by atoms with van der Waals surface area (Å²) in [5.74, 6) is -7.33. The average molecular weight is 868 g/mol. The largest absolute Gasteiger partial charge is 0.479 e. The van der Waals surface area contributed by atoms with E-state index in [1.807, 2.05) is 6.07 Å². The van der Waals surface area contributed by atoms with Gasteiger partial charge >= 0.3 is 29.9 Å². The van der Waals surface area contributed by atoms with Crippen molar-refractivity contribution >= 4 is 64.2 Å². The van der Waals surface area contributed by atoms with Gasteiger partial charge in [0.05, 0.1) is 63.5 Å². The van der Waals surface area contributed by atoms with E-state index in [0.717, 1.165) is 61.3 Å². The number of carbonyl (C=O) groups is 4. The first-order valence-corrected chi connectivity index (χ1v) is 17.6. The molecule has 0 atom stereocenters. The molecule has 0 aliphatic carbocycles. The molecule has 0 saturated heterocycles. The van der Waals surface area contributed by atoms with Gasteiger partial charge in [-0.2, -0.15) is 50.0 Å². The van der Waals surface area contributed by atoms with Crippen molar-refractivity contribution in [3.8, 4) is 35.4 Å². The molecule has 0 aliphatic rings. The van der Waals surface area contributed by atoms with Crippen LogP contribution in [-0.2, 0) is 0 Å². The highest BCUT2D eigenvalue weighted by Gasteiger charge is 2.24. The van der Waals surface area contributed by atoms with Crippen molar-refractivity contribution in [3.05, 3.63) is 98.9 Å². The van der Waals surface area contributed by atoms with Gasteiger partial charge in [0.2, 0.25) is 0 Å². The van der Waals surface area contributed by atoms with Gasteiger partial charge in [-0.05, 0) is 57.2 Å². The number of azo groups is 2. The second-order valence-electron chi connectivity index (χ2n) is 13.0. The Labute approximate surface area is 354 Å². The normalized spacial score (nSPS) is 11.3. The van der Waals surface area contributed by atoms with Crippen molar-refractivity contribution in [3.63, 3.8) is 0 Å². The first kappa shape index (κ1) is 41.9. The van der Waals surface area contributed by atoms with Gasteiger partial charge in [-0.3, -0.25) is 0 Å². The van der Waals surface area contributed by atoms with Gasteiger partial charge < -0.3 is 37.0 Å². The fourth-order valence-electron chi connectivity index (χ4n) is 5.93. The van der Waals surface area contributed by atoms with Crippen LogP contribution in [0.1, 0.15) is 64.1 Å². The summed E-state index contributed by atoms with van der Waals surface area (Å²) in [6.45, 7) is 12.0. The number of anilines is 2. The van der Waals surface area contributed by atoms with Crippen molar-refractivity contribution in [2.75, 3.05) is 11.5 Å². The van der Waals surface area contributed by atoms with E-state index in [-0.39, 0.29) is 109 Å². The lowest BCUT2D eigenvalue weighted by Gasteiger charge is -2.08. The lowest BCUT2D eigenvalue weighted by molar-refractivity contribution is 0.0676. The van der Waals surface area contributed by atoms with Gasteiger partial charge in [0, 0.05) is 0 Å². The number of rotatable bonds is 12. The molecule has 318 valence electrons. The molecule has 28 heteroatoms. The van der Waals surface area contributed by atoms with Crippen molar-refractivity contribution < 1.29 is 44.7 Å². The second kappa shape index (κ2) is 16.1. The molecule has 0 radical (unpaired) electrons. The molecule has 7 rings (SSSR count). The number of aromatic carboxylic acids is 4. The predicted molar refractivity (Wildman–Crippen MR) is 213 cm³/mol. The molecular weight excluding hydrogens is 843 g/mol. The van der Waals surface area contributed by atoms with Crippen LogP contribution in [0.2, 0.25) is 0 Å². The number of carboxylic acids is 4. The Morgan fingerprint density at radius 1 is 0.641 bits per heavy atom. The molecular formula is C36H25N19O9. The van der Waals surface area contributed by atoms with Crippen molar-refractivity contribution in [2.45, 2.75) is 20.8 Å². The highest BCUT2D eigenvalue weighted by Crippen LogP contribution is 2.36. The molecule has 28 nitrogen and oxygen atoms in total. The van der Waals surface area contributed by atoms with Crippen molar-refractivity contribution in [1.29, 1.82) is 5.26 Å². The molecule has 5 heterocycles. The Kier molecular flexibility index (Phi) is 10.5. The van der Waals surface area contributed by atoms with Gasteiger partial charge in [0.25, 0.3) is 17.6 Å². The molecule has 0 saturated carbocycles. The fourth-order valence-corrected chi connectivity index (χ4v) is 5.93. The van der Waals surface area contributed by atoms with Crippen molar-refractivity contribution in [1.82, 2.24) is 54.1 Å². The Hall–Kier alpha value is -10.2. The minimum atomic E-state index is -1.42. The van der Waals surface area contributed by atoms with E-state index >= 15 is 0 Å². The number of carboxylic acid groups (broad SMARTS) is 4. The topological polar surface area (TPSA) is 409 Å². The number of aryl methyl sites for hydroxylation is 3. The van der Waals surface area contributed by atoms with E-state index < -0.39 is 29.9 Å². The van der Waals surface area contributed by atoms with E-state index in [0.29, 0.717) is 0 Å². The number of nitrogen functional groups attached to an aromatic ring is 2. The van der Waals surface area contributed by atoms with Crippen LogP contribution in [0, 0.1) is 38.7 Å². The molecule has 64 heavy (non-hydrogen) atoms. The maximum atomic E-state index is 11.8. The quantitative estimate of drug-likeness (QED) is 0.0658. The number of nitrogens with two attached hydrogens (primary N) is 2. The molecule has 0 spiro atoms. The summed E-state index contributed by atoms with van der Waals surface area (Å²) in [4.78, 5) is 62.5. The zero-order valence-corrected chi connectivity index (χ0v) is 32.7. The summed E-state index contributed by atoms with van der Waals surface area (Å²) < 4.78 is 3.99. The summed E-state index contributed by atoms with van der Waals surface area (Å²) in [5.41, 5.74) is 11.3. The van der Waals surface area contributed by atoms with E-state index in [4.69, 9.17) is 18.0 Å². The molecule has 7 aromatic rings. The number of hydrogen-bond donors (Lipinski definition) is 7. The molecule has 5 aromatic heterocycles. The molecule has 0 fully saturated rings. The van der Waals surface area contributed by atoms with E-state index in [9.17, 15) is 50.0 Å². The molecule has 0 aliphatic heterocycles. The fraction of sp³-hybridized carbons (Fsp3) is 0.0833. The Morgan fingerprint density at radius 2 is 1.06 bits per heavy atom. The predicted octanol–water partition coefficient (Wildman–Crippen LogP) is 4.46. The molecule has 0 amide bonds. The minimum Gasteiger partial charge on any atom is -0.479 e. The first-order chi connectivity index (χ1) is 30.4. The number of nitriles is 1. The van der Waals surface area contributed by atoms with E-state index in [2.05, 4.69) is 60.6 Å². The number of aromatic nitrogens is 11. The van der Waals surface area contributed by atoms with Gasteiger partial charge in [0.15, 0.2) is 34.6 Å². The standard InChI is InChI=1S/C36H25N19O9/c1-13-22(11-37)28(53(49-13)21-9-18(32(60)61)6-19(10-21)33(62)63)47-45-24-14(2)50-54(26(24)38)34-42-35(44-36(64)43-34)55-27(39)25(15(3)51-55)46-48-29-23(40-4)12-41-52(29)20-7-16(30(56)57)5-17(8-20)31(58)59/h5-10,12H,38-39H2,1-3H3,(H,56,57)(H,58,59)(H,60,61)(H,62,63)(H,42,43,44,64). The van der Waals surface area contributed by atoms with Crippen molar-refractivity contribution in [2.24, 2.45) is 20.5 Å². The Balaban J connectivity index is 1.24. The average Bonchev–Trinajstić information content (AvgIpc) is 3.98. The second-order valence-corrected chi connectivity index (χ2v) is 13.0.